The van der Waals surface area contributed by atoms with E-state index in [1.807, 2.05) is 0 Å². The maximum Gasteiger partial charge on any atom is 1.00 e. The maximum absolute atomic E-state index is 12.1. The molecule has 0 spiro atoms. The second-order valence-corrected chi connectivity index (χ2v) is 6.71. The third-order valence-corrected chi connectivity index (χ3v) is 4.47. The van der Waals surface area contributed by atoms with Gasteiger partial charge in [-0.05, 0) is 29.7 Å². The molecule has 0 aliphatic heterocycles. The maximum atomic E-state index is 12.1. The summed E-state index contributed by atoms with van der Waals surface area (Å²) in [4.78, 5) is 10.9. The third kappa shape index (κ3) is 4.52. The van der Waals surface area contributed by atoms with Gasteiger partial charge in [0.25, 0.3) is 10.1 Å². The number of aromatic carboxylic acids is 1. The van der Waals surface area contributed by atoms with E-state index >= 15 is 0 Å². The average molecular weight is 394 g/mol. The van der Waals surface area contributed by atoms with Crippen molar-refractivity contribution in [2.24, 2.45) is 10.2 Å². The smallest absolute Gasteiger partial charge is 0.871 e. The summed E-state index contributed by atoms with van der Waals surface area (Å²) >= 11 is 0. The van der Waals surface area contributed by atoms with Crippen LogP contribution in [-0.2, 0) is 10.1 Å². The van der Waals surface area contributed by atoms with E-state index in [4.69, 9.17) is 9.66 Å². The van der Waals surface area contributed by atoms with Crippen molar-refractivity contribution < 1.29 is 57.5 Å². The molecule has 0 radical (unpaired) electrons. The minimum atomic E-state index is -4.39. The molecular weight excluding hydrogens is 383 g/mol. The average Bonchev–Trinajstić information content (AvgIpc) is 2.60. The fourth-order valence-corrected chi connectivity index (χ4v) is 2.90. The first kappa shape index (κ1) is 21.0. The minimum absolute atomic E-state index is 0. The fourth-order valence-electron chi connectivity index (χ4n) is 2.38. The number of rotatable bonds is 4. The van der Waals surface area contributed by atoms with E-state index in [0.29, 0.717) is 10.8 Å². The van der Waals surface area contributed by atoms with E-state index in [9.17, 15) is 18.3 Å². The van der Waals surface area contributed by atoms with Crippen LogP contribution in [0, 0.1) is 0 Å². The van der Waals surface area contributed by atoms with Crippen LogP contribution in [-0.4, -0.2) is 24.0 Å². The Bertz CT molecular complexity index is 1160. The molecule has 0 saturated carbocycles. The molecule has 0 saturated heterocycles. The zero-order chi connectivity index (χ0) is 18.9. The van der Waals surface area contributed by atoms with Gasteiger partial charge >= 0.3 is 35.5 Å². The van der Waals surface area contributed by atoms with E-state index < -0.39 is 21.8 Å². The Morgan fingerprint density at radius 2 is 1.70 bits per heavy atom. The summed E-state index contributed by atoms with van der Waals surface area (Å²) in [7, 11) is -4.39. The van der Waals surface area contributed by atoms with Crippen molar-refractivity contribution in [1.82, 2.24) is 0 Å². The molecule has 0 aliphatic carbocycles. The molecule has 10 heteroatoms. The molecule has 27 heavy (non-hydrogen) atoms. The first-order valence-corrected chi connectivity index (χ1v) is 8.67. The molecule has 0 unspecified atom stereocenters. The minimum Gasteiger partial charge on any atom is -0.871 e. The first-order valence-electron chi connectivity index (χ1n) is 7.23. The molecule has 3 aromatic rings. The number of fused-ring (bicyclic) bond motifs is 1. The fraction of sp³-hybridized carbons (Fsp3) is 0. The molecule has 0 bridgehead atoms. The van der Waals surface area contributed by atoms with Crippen molar-refractivity contribution in [1.29, 1.82) is 0 Å². The van der Waals surface area contributed by atoms with Gasteiger partial charge in [0, 0.05) is 5.39 Å². The Morgan fingerprint density at radius 1 is 1.00 bits per heavy atom. The van der Waals surface area contributed by atoms with Crippen LogP contribution in [0.4, 0.5) is 11.4 Å². The van der Waals surface area contributed by atoms with Gasteiger partial charge in [0.1, 0.15) is 5.69 Å². The molecule has 8 nitrogen and oxygen atoms in total. The number of benzene rings is 3. The second-order valence-electron chi connectivity index (χ2n) is 5.29. The second kappa shape index (κ2) is 8.15. The van der Waals surface area contributed by atoms with E-state index in [0.717, 1.165) is 6.07 Å². The van der Waals surface area contributed by atoms with Crippen molar-refractivity contribution in [3.05, 3.63) is 60.2 Å². The summed E-state index contributed by atoms with van der Waals surface area (Å²) in [6, 6.07) is 12.2. The van der Waals surface area contributed by atoms with Crippen LogP contribution in [0.1, 0.15) is 10.4 Å². The van der Waals surface area contributed by atoms with Crippen molar-refractivity contribution in [3.63, 3.8) is 0 Å². The predicted molar refractivity (Wildman–Crippen MR) is 90.8 cm³/mol. The van der Waals surface area contributed by atoms with Crippen molar-refractivity contribution in [2.45, 2.75) is 4.90 Å². The predicted octanol–water partition coefficient (Wildman–Crippen LogP) is 0.278. The van der Waals surface area contributed by atoms with Crippen LogP contribution in [0.25, 0.3) is 10.8 Å². The Balaban J connectivity index is 0.00000261. The summed E-state index contributed by atoms with van der Waals surface area (Å²) in [5, 5.41) is 29.7. The van der Waals surface area contributed by atoms with Gasteiger partial charge in [0.2, 0.25) is 0 Å². The van der Waals surface area contributed by atoms with Crippen molar-refractivity contribution in [2.75, 3.05) is 0 Å². The molecule has 132 valence electrons. The van der Waals surface area contributed by atoms with Gasteiger partial charge in [-0.1, -0.05) is 36.1 Å². The van der Waals surface area contributed by atoms with Gasteiger partial charge in [-0.2, -0.15) is 13.5 Å². The zero-order valence-corrected chi connectivity index (χ0v) is 16.8. The number of carbonyl (C=O) groups is 1. The molecule has 2 N–H and O–H groups in total. The largest absolute Gasteiger partial charge is 1.00 e. The van der Waals surface area contributed by atoms with Crippen LogP contribution in [0.3, 0.4) is 0 Å². The number of azo groups is 1. The summed E-state index contributed by atoms with van der Waals surface area (Å²) < 4.78 is 31.6. The zero-order valence-electron chi connectivity index (χ0n) is 14.0. The molecule has 0 fully saturated rings. The van der Waals surface area contributed by atoms with Crippen LogP contribution in [0.2, 0.25) is 0 Å². The van der Waals surface area contributed by atoms with Crippen LogP contribution < -0.4 is 34.7 Å². The van der Waals surface area contributed by atoms with Gasteiger partial charge in [-0.3, -0.25) is 4.55 Å². The normalized spacial score (nSPS) is 11.4. The summed E-state index contributed by atoms with van der Waals surface area (Å²) in [6.07, 6.45) is 0. The van der Waals surface area contributed by atoms with Crippen LogP contribution in [0.5, 0.6) is 5.75 Å². The van der Waals surface area contributed by atoms with Crippen molar-refractivity contribution >= 4 is 38.2 Å². The van der Waals surface area contributed by atoms with Gasteiger partial charge in [0.15, 0.2) is 0 Å². The summed E-state index contributed by atoms with van der Waals surface area (Å²) in [6.45, 7) is 0. The van der Waals surface area contributed by atoms with Crippen molar-refractivity contribution in [3.8, 4) is 5.75 Å². The number of carboxylic acid groups (broad SMARTS) is 1. The van der Waals surface area contributed by atoms with E-state index in [-0.39, 0.29) is 51.4 Å². The van der Waals surface area contributed by atoms with Gasteiger partial charge in [0.05, 0.1) is 16.1 Å². The van der Waals surface area contributed by atoms with Crippen LogP contribution >= 0.6 is 0 Å². The molecule has 0 aliphatic rings. The SMILES string of the molecule is O=C(O)c1ccccc1N=Nc1c([O-])ccc2cc(S(=O)(=O)O)ccc12.[Na+]. The monoisotopic (exact) mass is 394 g/mol. The van der Waals surface area contributed by atoms with E-state index in [2.05, 4.69) is 10.2 Å². The topological polar surface area (TPSA) is 139 Å². The number of hydrogen-bond donors (Lipinski definition) is 2. The van der Waals surface area contributed by atoms with E-state index in [1.54, 1.807) is 6.07 Å². The Hall–Kier alpha value is -2.30. The molecule has 0 amide bonds. The molecular formula is C17H11N2NaO6S. The number of nitrogens with zero attached hydrogens (tertiary/aromatic N) is 2. The quantitative estimate of drug-likeness (QED) is 0.370. The molecule has 3 rings (SSSR count). The molecule has 0 aromatic heterocycles. The van der Waals surface area contributed by atoms with Gasteiger partial charge < -0.3 is 10.2 Å². The molecule has 3 aromatic carbocycles. The molecule has 0 heterocycles. The first-order chi connectivity index (χ1) is 12.3. The Kier molecular flexibility index (Phi) is 6.34. The van der Waals surface area contributed by atoms with Crippen LogP contribution in [0.15, 0.2) is 69.7 Å². The number of hydrogen-bond acceptors (Lipinski definition) is 6. The summed E-state index contributed by atoms with van der Waals surface area (Å²) in [5.74, 6) is -1.65. The Labute approximate surface area is 176 Å². The Morgan fingerprint density at radius 3 is 2.37 bits per heavy atom. The number of carboxylic acids is 1. The third-order valence-electron chi connectivity index (χ3n) is 3.62. The van der Waals surface area contributed by atoms with Gasteiger partial charge in [-0.25, -0.2) is 4.79 Å². The standard InChI is InChI=1S/C17H12N2O6S.Na/c20-15-8-5-10-9-11(26(23,24)25)6-7-12(10)16(15)19-18-14-4-2-1-3-13(14)17(21)22;/h1-9,20H,(H,21,22)(H,23,24,25);/q;+1/p-1. The van der Waals surface area contributed by atoms with E-state index in [1.165, 1.54) is 42.5 Å². The van der Waals surface area contributed by atoms with Gasteiger partial charge in [-0.15, -0.1) is 5.11 Å². The molecule has 0 atom stereocenters. The summed E-state index contributed by atoms with van der Waals surface area (Å²) in [5.41, 5.74) is -0.0619.